The monoisotopic (exact) mass is 271 g/mol. The number of rotatable bonds is 6. The summed E-state index contributed by atoms with van der Waals surface area (Å²) in [4.78, 5) is 23.2. The first kappa shape index (κ1) is 16.0. The normalized spacial score (nSPS) is 21.1. The van der Waals surface area contributed by atoms with Crippen molar-refractivity contribution in [3.05, 3.63) is 0 Å². The van der Waals surface area contributed by atoms with Gasteiger partial charge in [0.15, 0.2) is 0 Å². The van der Waals surface area contributed by atoms with Crippen molar-refractivity contribution in [2.45, 2.75) is 58.5 Å². The van der Waals surface area contributed by atoms with Crippen molar-refractivity contribution in [2.75, 3.05) is 6.54 Å². The highest BCUT2D eigenvalue weighted by Crippen LogP contribution is 2.32. The molecule has 19 heavy (non-hydrogen) atoms. The Kier molecular flexibility index (Phi) is 4.96. The Morgan fingerprint density at radius 1 is 1.32 bits per heavy atom. The lowest BCUT2D eigenvalue weighted by Crippen LogP contribution is -2.44. The minimum absolute atomic E-state index is 0.0594. The molecule has 0 aliphatic heterocycles. The summed E-state index contributed by atoms with van der Waals surface area (Å²) < 4.78 is 0. The summed E-state index contributed by atoms with van der Waals surface area (Å²) in [5.41, 5.74) is -1.87. The molecule has 0 saturated heterocycles. The molecule has 1 saturated carbocycles. The van der Waals surface area contributed by atoms with Crippen LogP contribution in [0.2, 0.25) is 0 Å². The van der Waals surface area contributed by atoms with Crippen molar-refractivity contribution in [3.63, 3.8) is 0 Å². The minimum atomic E-state index is -1.07. The van der Waals surface area contributed by atoms with E-state index >= 15 is 0 Å². The molecule has 1 amide bonds. The maximum Gasteiger partial charge on any atom is 0.310 e. The van der Waals surface area contributed by atoms with Crippen molar-refractivity contribution < 1.29 is 19.8 Å². The summed E-state index contributed by atoms with van der Waals surface area (Å²) >= 11 is 0. The van der Waals surface area contributed by atoms with Crippen LogP contribution in [0.15, 0.2) is 0 Å². The summed E-state index contributed by atoms with van der Waals surface area (Å²) in [6.07, 6.45) is 3.30. The maximum atomic E-state index is 11.9. The SMILES string of the molecule is CC(C)C(C)(CC(=O)NCC1(O)CCCC1)C(=O)O. The van der Waals surface area contributed by atoms with Gasteiger partial charge in [-0.2, -0.15) is 0 Å². The van der Waals surface area contributed by atoms with Gasteiger partial charge in [-0.25, -0.2) is 0 Å². The molecule has 5 heteroatoms. The average molecular weight is 271 g/mol. The number of carboxylic acid groups (broad SMARTS) is 1. The van der Waals surface area contributed by atoms with Gasteiger partial charge in [-0.05, 0) is 25.7 Å². The zero-order chi connectivity index (χ0) is 14.7. The van der Waals surface area contributed by atoms with Crippen LogP contribution in [0, 0.1) is 11.3 Å². The molecule has 110 valence electrons. The standard InChI is InChI=1S/C14H25NO4/c1-10(2)13(3,12(17)18)8-11(16)15-9-14(19)6-4-5-7-14/h10,19H,4-9H2,1-3H3,(H,15,16)(H,17,18). The first-order valence-corrected chi connectivity index (χ1v) is 6.92. The highest BCUT2D eigenvalue weighted by atomic mass is 16.4. The van der Waals surface area contributed by atoms with Gasteiger partial charge in [-0.15, -0.1) is 0 Å². The molecule has 0 aromatic carbocycles. The molecular formula is C14H25NO4. The van der Waals surface area contributed by atoms with Crippen molar-refractivity contribution in [3.8, 4) is 0 Å². The van der Waals surface area contributed by atoms with Crippen LogP contribution in [-0.2, 0) is 9.59 Å². The smallest absolute Gasteiger partial charge is 0.310 e. The minimum Gasteiger partial charge on any atom is -0.481 e. The summed E-state index contributed by atoms with van der Waals surface area (Å²) in [6, 6.07) is 0. The number of carbonyl (C=O) groups excluding carboxylic acids is 1. The van der Waals surface area contributed by atoms with E-state index in [1.165, 1.54) is 0 Å². The van der Waals surface area contributed by atoms with Gasteiger partial charge < -0.3 is 15.5 Å². The van der Waals surface area contributed by atoms with Crippen molar-refractivity contribution in [1.82, 2.24) is 5.32 Å². The molecule has 0 aromatic rings. The van der Waals surface area contributed by atoms with E-state index in [0.717, 1.165) is 12.8 Å². The third-order valence-corrected chi connectivity index (χ3v) is 4.44. The first-order chi connectivity index (χ1) is 8.69. The predicted molar refractivity (Wildman–Crippen MR) is 71.6 cm³/mol. The van der Waals surface area contributed by atoms with Gasteiger partial charge in [0, 0.05) is 13.0 Å². The maximum absolute atomic E-state index is 11.9. The predicted octanol–water partition coefficient (Wildman–Crippen LogP) is 1.54. The third-order valence-electron chi connectivity index (χ3n) is 4.44. The van der Waals surface area contributed by atoms with Crippen LogP contribution in [0.1, 0.15) is 52.9 Å². The van der Waals surface area contributed by atoms with Crippen LogP contribution >= 0.6 is 0 Å². The number of hydrogen-bond acceptors (Lipinski definition) is 3. The molecule has 1 unspecified atom stereocenters. The fourth-order valence-electron chi connectivity index (χ4n) is 2.40. The molecule has 1 fully saturated rings. The van der Waals surface area contributed by atoms with Crippen LogP contribution < -0.4 is 5.32 Å². The lowest BCUT2D eigenvalue weighted by molar-refractivity contribution is -0.153. The van der Waals surface area contributed by atoms with E-state index in [1.807, 2.05) is 0 Å². The van der Waals surface area contributed by atoms with E-state index in [0.29, 0.717) is 12.8 Å². The Hall–Kier alpha value is -1.10. The van der Waals surface area contributed by atoms with Gasteiger partial charge in [0.2, 0.25) is 5.91 Å². The highest BCUT2D eigenvalue weighted by molar-refractivity contribution is 5.84. The molecule has 0 spiro atoms. The zero-order valence-corrected chi connectivity index (χ0v) is 12.0. The highest BCUT2D eigenvalue weighted by Gasteiger charge is 2.39. The third kappa shape index (κ3) is 3.93. The van der Waals surface area contributed by atoms with E-state index in [9.17, 15) is 19.8 Å². The van der Waals surface area contributed by atoms with Crippen LogP contribution in [0.3, 0.4) is 0 Å². The van der Waals surface area contributed by atoms with E-state index in [4.69, 9.17) is 0 Å². The summed E-state index contributed by atoms with van der Waals surface area (Å²) in [5.74, 6) is -1.40. The van der Waals surface area contributed by atoms with Gasteiger partial charge in [-0.1, -0.05) is 26.7 Å². The first-order valence-electron chi connectivity index (χ1n) is 6.92. The second-order valence-electron chi connectivity index (χ2n) is 6.26. The van der Waals surface area contributed by atoms with Crippen LogP contribution in [0.25, 0.3) is 0 Å². The second-order valence-corrected chi connectivity index (χ2v) is 6.26. The molecule has 0 bridgehead atoms. The lowest BCUT2D eigenvalue weighted by atomic mass is 9.76. The topological polar surface area (TPSA) is 86.6 Å². The van der Waals surface area contributed by atoms with E-state index in [-0.39, 0.29) is 24.8 Å². The molecule has 1 rings (SSSR count). The Bertz CT molecular complexity index is 347. The van der Waals surface area contributed by atoms with Crippen LogP contribution in [0.5, 0.6) is 0 Å². The number of aliphatic carboxylic acids is 1. The van der Waals surface area contributed by atoms with Gasteiger partial charge in [0.25, 0.3) is 0 Å². The number of carbonyl (C=O) groups is 2. The van der Waals surface area contributed by atoms with E-state index in [2.05, 4.69) is 5.32 Å². The molecule has 1 atom stereocenters. The molecule has 5 nitrogen and oxygen atoms in total. The molecular weight excluding hydrogens is 246 g/mol. The summed E-state index contributed by atoms with van der Waals surface area (Å²) in [6.45, 7) is 5.40. The zero-order valence-electron chi connectivity index (χ0n) is 12.0. The van der Waals surface area contributed by atoms with E-state index < -0.39 is 17.0 Å². The fourth-order valence-corrected chi connectivity index (χ4v) is 2.40. The summed E-state index contributed by atoms with van der Waals surface area (Å²) in [5, 5.41) is 22.1. The van der Waals surface area contributed by atoms with Gasteiger partial charge >= 0.3 is 5.97 Å². The number of aliphatic hydroxyl groups is 1. The Morgan fingerprint density at radius 3 is 2.26 bits per heavy atom. The Labute approximate surface area is 114 Å². The number of nitrogens with one attached hydrogen (secondary N) is 1. The van der Waals surface area contributed by atoms with Crippen molar-refractivity contribution >= 4 is 11.9 Å². The van der Waals surface area contributed by atoms with E-state index in [1.54, 1.807) is 20.8 Å². The van der Waals surface area contributed by atoms with Gasteiger partial charge in [-0.3, -0.25) is 9.59 Å². The Balaban J connectivity index is 2.52. The van der Waals surface area contributed by atoms with Gasteiger partial charge in [0.1, 0.15) is 0 Å². The average Bonchev–Trinajstić information content (AvgIpc) is 2.73. The number of amides is 1. The lowest BCUT2D eigenvalue weighted by Gasteiger charge is -2.29. The largest absolute Gasteiger partial charge is 0.481 e. The van der Waals surface area contributed by atoms with Crippen LogP contribution in [0.4, 0.5) is 0 Å². The van der Waals surface area contributed by atoms with Crippen LogP contribution in [-0.4, -0.2) is 34.2 Å². The molecule has 1 aliphatic rings. The number of carboxylic acids is 1. The molecule has 0 heterocycles. The second kappa shape index (κ2) is 5.90. The fraction of sp³-hybridized carbons (Fsp3) is 0.857. The quantitative estimate of drug-likeness (QED) is 0.684. The molecule has 0 aromatic heterocycles. The van der Waals surface area contributed by atoms with Crippen molar-refractivity contribution in [1.29, 1.82) is 0 Å². The molecule has 1 aliphatic carbocycles. The molecule has 0 radical (unpaired) electrons. The molecule has 3 N–H and O–H groups in total. The summed E-state index contributed by atoms with van der Waals surface area (Å²) in [7, 11) is 0. The Morgan fingerprint density at radius 2 is 1.84 bits per heavy atom. The van der Waals surface area contributed by atoms with Gasteiger partial charge in [0.05, 0.1) is 11.0 Å². The van der Waals surface area contributed by atoms with Crippen molar-refractivity contribution in [2.24, 2.45) is 11.3 Å². The number of hydrogen-bond donors (Lipinski definition) is 3.